The van der Waals surface area contributed by atoms with E-state index in [2.05, 4.69) is 42.6 Å². The van der Waals surface area contributed by atoms with Gasteiger partial charge in [-0.25, -0.2) is 0 Å². The number of aromatic nitrogens is 5. The van der Waals surface area contributed by atoms with Gasteiger partial charge in [0.2, 0.25) is 0 Å². The smallest absolute Gasteiger partial charge is 0.177 e. The molecule has 0 bridgehead atoms. The molecule has 0 spiro atoms. The minimum Gasteiger partial charge on any atom is -0.353 e. The van der Waals surface area contributed by atoms with Crippen molar-refractivity contribution in [3.8, 4) is 22.0 Å². The second-order valence-corrected chi connectivity index (χ2v) is 8.31. The lowest BCUT2D eigenvalue weighted by Gasteiger charge is -2.13. The van der Waals surface area contributed by atoms with Crippen molar-refractivity contribution >= 4 is 38.7 Å². The summed E-state index contributed by atoms with van der Waals surface area (Å²) in [4.78, 5) is 13.4. The normalized spacial score (nSPS) is 14.5. The third kappa shape index (κ3) is 2.84. The van der Waals surface area contributed by atoms with Crippen LogP contribution in [-0.4, -0.2) is 38.2 Å². The fourth-order valence-corrected chi connectivity index (χ4v) is 4.71. The molecule has 0 aliphatic carbocycles. The van der Waals surface area contributed by atoms with Gasteiger partial charge in [-0.1, -0.05) is 6.08 Å². The summed E-state index contributed by atoms with van der Waals surface area (Å²) in [5.74, 6) is 0. The first-order valence-corrected chi connectivity index (χ1v) is 10.6. The van der Waals surface area contributed by atoms with Gasteiger partial charge in [0.15, 0.2) is 5.13 Å². The molecule has 0 radical (unpaired) electrons. The molecule has 148 valence electrons. The third-order valence-electron chi connectivity index (χ3n) is 5.45. The van der Waals surface area contributed by atoms with Crippen LogP contribution in [0.25, 0.3) is 49.3 Å². The summed E-state index contributed by atoms with van der Waals surface area (Å²) in [6.45, 7) is 1.83. The van der Waals surface area contributed by atoms with Crippen LogP contribution in [0.5, 0.6) is 0 Å². The van der Waals surface area contributed by atoms with Crippen LogP contribution < -0.4 is 5.32 Å². The third-order valence-corrected chi connectivity index (χ3v) is 6.33. The van der Waals surface area contributed by atoms with Gasteiger partial charge in [0.25, 0.3) is 0 Å². The molecule has 0 amide bonds. The van der Waals surface area contributed by atoms with Crippen LogP contribution in [0.15, 0.2) is 48.8 Å². The lowest BCUT2D eigenvalue weighted by atomic mass is 10.0. The van der Waals surface area contributed by atoms with Gasteiger partial charge in [0, 0.05) is 29.0 Å². The zero-order valence-corrected chi connectivity index (χ0v) is 16.7. The number of rotatable bonds is 3. The van der Waals surface area contributed by atoms with Gasteiger partial charge in [-0.3, -0.25) is 15.1 Å². The average Bonchev–Trinajstić information content (AvgIpc) is 3.51. The van der Waals surface area contributed by atoms with Gasteiger partial charge < -0.3 is 10.3 Å². The number of nitrogens with one attached hydrogen (secondary N) is 3. The van der Waals surface area contributed by atoms with Crippen LogP contribution in [0.3, 0.4) is 0 Å². The highest BCUT2D eigenvalue weighted by Crippen LogP contribution is 2.35. The zero-order chi connectivity index (χ0) is 20.1. The Balaban J connectivity index is 1.49. The summed E-state index contributed by atoms with van der Waals surface area (Å²) >= 11 is 1.10. The van der Waals surface area contributed by atoms with Crippen molar-refractivity contribution in [2.24, 2.45) is 0 Å². The van der Waals surface area contributed by atoms with E-state index in [0.717, 1.165) is 80.3 Å². The summed E-state index contributed by atoms with van der Waals surface area (Å²) < 4.78 is 13.6. The second-order valence-electron chi connectivity index (χ2n) is 7.28. The molecule has 0 atom stereocenters. The van der Waals surface area contributed by atoms with Gasteiger partial charge in [0.05, 0.1) is 33.7 Å². The molecular formula is C22H17FN6S. The molecule has 6 heterocycles. The SMILES string of the molecule is Fc1ccc(-c2nccc3[nH]c(-c4n[nH]c5cnc(C6=CCNCC6)cc45)cc23)s1. The molecule has 6 rings (SSSR count). The number of nitrogens with zero attached hydrogens (tertiary/aromatic N) is 3. The van der Waals surface area contributed by atoms with E-state index in [1.807, 2.05) is 18.3 Å². The van der Waals surface area contributed by atoms with E-state index in [1.165, 1.54) is 11.6 Å². The zero-order valence-electron chi connectivity index (χ0n) is 15.9. The minimum atomic E-state index is -0.217. The Kier molecular flexibility index (Phi) is 4.00. The lowest BCUT2D eigenvalue weighted by molar-refractivity contribution is 0.657. The molecule has 0 aromatic carbocycles. The molecule has 0 fully saturated rings. The van der Waals surface area contributed by atoms with E-state index in [9.17, 15) is 4.39 Å². The molecule has 5 aromatic heterocycles. The van der Waals surface area contributed by atoms with Gasteiger partial charge >= 0.3 is 0 Å². The van der Waals surface area contributed by atoms with Gasteiger partial charge in [0.1, 0.15) is 5.69 Å². The molecule has 0 saturated heterocycles. The Morgan fingerprint density at radius 2 is 1.93 bits per heavy atom. The number of thiophene rings is 1. The Morgan fingerprint density at radius 3 is 2.77 bits per heavy atom. The molecule has 1 aliphatic rings. The Labute approximate surface area is 174 Å². The van der Waals surface area contributed by atoms with Crippen LogP contribution in [0.4, 0.5) is 4.39 Å². The maximum atomic E-state index is 13.6. The summed E-state index contributed by atoms with van der Waals surface area (Å²) in [7, 11) is 0. The standard InChI is InChI=1S/C22H17FN6S/c23-20-2-1-19(30-20)22-13-10-17(27-15(13)5-8-25-22)21-14-9-16(12-3-6-24-7-4-12)26-11-18(14)28-29-21/h1-3,5,8-11,24,27H,4,6-7H2,(H,28,29). The van der Waals surface area contributed by atoms with Crippen molar-refractivity contribution in [1.29, 1.82) is 0 Å². The van der Waals surface area contributed by atoms with Gasteiger partial charge in [-0.15, -0.1) is 11.3 Å². The number of hydrogen-bond donors (Lipinski definition) is 3. The quantitative estimate of drug-likeness (QED) is 0.397. The van der Waals surface area contributed by atoms with E-state index in [-0.39, 0.29) is 5.13 Å². The van der Waals surface area contributed by atoms with Crippen LogP contribution in [0.2, 0.25) is 0 Å². The molecular weight excluding hydrogens is 399 g/mol. The van der Waals surface area contributed by atoms with Crippen molar-refractivity contribution in [3.63, 3.8) is 0 Å². The van der Waals surface area contributed by atoms with Crippen LogP contribution in [0, 0.1) is 5.13 Å². The average molecular weight is 416 g/mol. The highest BCUT2D eigenvalue weighted by Gasteiger charge is 2.17. The Bertz CT molecular complexity index is 1430. The van der Waals surface area contributed by atoms with E-state index in [0.29, 0.717) is 0 Å². The minimum absolute atomic E-state index is 0.217. The summed E-state index contributed by atoms with van der Waals surface area (Å²) in [6.07, 6.45) is 6.74. The molecule has 3 N–H and O–H groups in total. The summed E-state index contributed by atoms with van der Waals surface area (Å²) in [5.41, 5.74) is 6.56. The number of halogens is 1. The fraction of sp³-hybridized carbons (Fsp3) is 0.136. The second kappa shape index (κ2) is 6.86. The first kappa shape index (κ1) is 17.5. The maximum absolute atomic E-state index is 13.6. The number of aromatic amines is 2. The molecule has 0 saturated carbocycles. The first-order chi connectivity index (χ1) is 14.8. The summed E-state index contributed by atoms with van der Waals surface area (Å²) in [5, 5.41) is 12.7. The molecule has 6 nitrogen and oxygen atoms in total. The van der Waals surface area contributed by atoms with Crippen LogP contribution in [-0.2, 0) is 0 Å². The monoisotopic (exact) mass is 416 g/mol. The molecule has 8 heteroatoms. The highest BCUT2D eigenvalue weighted by molar-refractivity contribution is 7.13. The van der Waals surface area contributed by atoms with Crippen LogP contribution in [0.1, 0.15) is 12.1 Å². The molecule has 0 unspecified atom stereocenters. The van der Waals surface area contributed by atoms with E-state index >= 15 is 0 Å². The van der Waals surface area contributed by atoms with Crippen LogP contribution >= 0.6 is 11.3 Å². The maximum Gasteiger partial charge on any atom is 0.177 e. The van der Waals surface area contributed by atoms with E-state index in [4.69, 9.17) is 0 Å². The predicted molar refractivity (Wildman–Crippen MR) is 118 cm³/mol. The number of fused-ring (bicyclic) bond motifs is 2. The first-order valence-electron chi connectivity index (χ1n) is 9.74. The molecule has 1 aliphatic heterocycles. The van der Waals surface area contributed by atoms with E-state index < -0.39 is 0 Å². The van der Waals surface area contributed by atoms with Crippen molar-refractivity contribution in [3.05, 3.63) is 59.6 Å². The van der Waals surface area contributed by atoms with Gasteiger partial charge in [-0.2, -0.15) is 9.49 Å². The molecule has 5 aromatic rings. The predicted octanol–water partition coefficient (Wildman–Crippen LogP) is 4.75. The number of H-pyrrole nitrogens is 2. The number of hydrogen-bond acceptors (Lipinski definition) is 5. The summed E-state index contributed by atoms with van der Waals surface area (Å²) in [6, 6.07) is 9.30. The fourth-order valence-electron chi connectivity index (χ4n) is 3.97. The lowest BCUT2D eigenvalue weighted by Crippen LogP contribution is -2.20. The molecule has 30 heavy (non-hydrogen) atoms. The Morgan fingerprint density at radius 1 is 1.00 bits per heavy atom. The van der Waals surface area contributed by atoms with E-state index in [1.54, 1.807) is 12.3 Å². The number of pyridine rings is 2. The van der Waals surface area contributed by atoms with Gasteiger partial charge in [-0.05, 0) is 48.9 Å². The van der Waals surface area contributed by atoms with Crippen molar-refractivity contribution in [2.75, 3.05) is 13.1 Å². The topological polar surface area (TPSA) is 82.3 Å². The Hall–Kier alpha value is -3.36. The van der Waals surface area contributed by atoms with Crippen molar-refractivity contribution in [1.82, 2.24) is 30.5 Å². The highest BCUT2D eigenvalue weighted by atomic mass is 32.1. The largest absolute Gasteiger partial charge is 0.353 e. The van der Waals surface area contributed by atoms with Crippen molar-refractivity contribution < 1.29 is 4.39 Å². The van der Waals surface area contributed by atoms with Crippen molar-refractivity contribution in [2.45, 2.75) is 6.42 Å².